The average molecular weight is 364 g/mol. The molecular formula is C25H23N2+. The normalized spacial score (nSPS) is 18.9. The molecule has 4 aromatic rings. The van der Waals surface area contributed by atoms with E-state index in [1.165, 1.54) is 23.6 Å². The Kier molecular flexibility index (Phi) is 1.73. The molecule has 2 nitrogen and oxygen atoms in total. The Labute approximate surface area is 177 Å². The number of hydrogen-bond acceptors (Lipinski definition) is 0. The Hall–Kier alpha value is -3.13. The summed E-state index contributed by atoms with van der Waals surface area (Å²) >= 11 is 0. The highest BCUT2D eigenvalue weighted by atomic mass is 15.2. The third-order valence-corrected chi connectivity index (χ3v) is 4.76. The van der Waals surface area contributed by atoms with Gasteiger partial charge in [0.15, 0.2) is 5.69 Å². The van der Waals surface area contributed by atoms with E-state index >= 15 is 0 Å². The molecule has 0 saturated carbocycles. The Bertz CT molecular complexity index is 1730. The molecule has 0 atom stereocenters. The van der Waals surface area contributed by atoms with E-state index in [0.29, 0.717) is 17.0 Å². The molecule has 0 unspecified atom stereocenters. The van der Waals surface area contributed by atoms with Crippen molar-refractivity contribution in [3.05, 3.63) is 95.0 Å². The molecule has 1 aliphatic rings. The molecule has 0 bridgehead atoms. The minimum absolute atomic E-state index is 0.0109. The molecular weight excluding hydrogens is 328 g/mol. The smallest absolute Gasteiger partial charge is 0.225 e. The molecule has 132 valence electrons. The molecule has 0 aliphatic carbocycles. The van der Waals surface area contributed by atoms with Crippen molar-refractivity contribution in [1.29, 1.82) is 0 Å². The van der Waals surface area contributed by atoms with Gasteiger partial charge in [0.2, 0.25) is 0 Å². The molecule has 1 aromatic heterocycles. The van der Waals surface area contributed by atoms with Crippen LogP contribution in [0.5, 0.6) is 0 Å². The fourth-order valence-electron chi connectivity index (χ4n) is 3.54. The van der Waals surface area contributed by atoms with Crippen LogP contribution in [0.4, 0.5) is 0 Å². The first-order chi connectivity index (χ1) is 18.1. The summed E-state index contributed by atoms with van der Waals surface area (Å²) < 4.78 is 103. The zero-order valence-corrected chi connectivity index (χ0v) is 14.8. The van der Waals surface area contributed by atoms with Gasteiger partial charge < -0.3 is 0 Å². The van der Waals surface area contributed by atoms with Gasteiger partial charge in [0.25, 0.3) is 5.82 Å². The predicted molar refractivity (Wildman–Crippen MR) is 110 cm³/mol. The van der Waals surface area contributed by atoms with Crippen LogP contribution in [0.25, 0.3) is 28.3 Å². The van der Waals surface area contributed by atoms with Crippen LogP contribution < -0.4 is 4.57 Å². The zero-order chi connectivity index (χ0) is 28.9. The summed E-state index contributed by atoms with van der Waals surface area (Å²) in [5, 5.41) is 0. The topological polar surface area (TPSA) is 8.81 Å². The maximum atomic E-state index is 8.76. The fraction of sp³-hybridized carbons (Fsp3) is 0.160. The van der Waals surface area contributed by atoms with Crippen molar-refractivity contribution in [1.82, 2.24) is 4.57 Å². The molecule has 1 aliphatic heterocycles. The maximum absolute atomic E-state index is 8.76. The second kappa shape index (κ2) is 5.95. The highest BCUT2D eigenvalue weighted by molar-refractivity contribution is 5.74. The quantitative estimate of drug-likeness (QED) is 0.372. The molecule has 0 N–H and O–H groups in total. The first-order valence-corrected chi connectivity index (χ1v) is 8.52. The second-order valence-electron chi connectivity index (χ2n) is 6.53. The van der Waals surface area contributed by atoms with Gasteiger partial charge in [-0.05, 0) is 50.0 Å². The minimum Gasteiger partial charge on any atom is -0.225 e. The zero-order valence-electron chi connectivity index (χ0n) is 26.8. The molecule has 0 spiro atoms. The van der Waals surface area contributed by atoms with Crippen molar-refractivity contribution in [2.75, 3.05) is 0 Å². The van der Waals surface area contributed by atoms with Crippen molar-refractivity contribution < 1.29 is 21.0 Å². The second-order valence-corrected chi connectivity index (χ2v) is 6.53. The average Bonchev–Trinajstić information content (AvgIpc) is 3.40. The number of fused-ring (bicyclic) bond motifs is 3. The van der Waals surface area contributed by atoms with Gasteiger partial charge in [0.1, 0.15) is 18.4 Å². The third kappa shape index (κ3) is 2.44. The van der Waals surface area contributed by atoms with Crippen LogP contribution in [0.1, 0.15) is 38.7 Å². The summed E-state index contributed by atoms with van der Waals surface area (Å²) in [6.07, 6.45) is 1.56. The minimum atomic E-state index is -2.83. The lowest BCUT2D eigenvalue weighted by Gasteiger charge is -2.10. The van der Waals surface area contributed by atoms with Gasteiger partial charge in [-0.15, -0.1) is 0 Å². The van der Waals surface area contributed by atoms with Gasteiger partial charge in [0, 0.05) is 15.2 Å². The summed E-state index contributed by atoms with van der Waals surface area (Å²) in [6.45, 7) is 0.319. The molecule has 3 aromatic carbocycles. The SMILES string of the molecule is [2H]c1cc2c(c([2H])c1[2H])C[n+]1cc(-c3c(C)c([2H])c([2H])c([2H])c3C([2H])([2H])[2H])n(-c3cc([2H])c(C)c([2H])c3[2H])c1-2. The van der Waals surface area contributed by atoms with E-state index in [9.17, 15) is 0 Å². The summed E-state index contributed by atoms with van der Waals surface area (Å²) in [7, 11) is 0. The Morgan fingerprint density at radius 3 is 2.74 bits per heavy atom. The third-order valence-electron chi connectivity index (χ3n) is 4.76. The molecule has 0 radical (unpaired) electrons. The first-order valence-electron chi connectivity index (χ1n) is 14.5. The van der Waals surface area contributed by atoms with Crippen molar-refractivity contribution >= 4 is 0 Å². The van der Waals surface area contributed by atoms with Crippen molar-refractivity contribution in [2.24, 2.45) is 0 Å². The number of nitrogens with zero attached hydrogens (tertiary/aromatic N) is 2. The van der Waals surface area contributed by atoms with Gasteiger partial charge in [-0.3, -0.25) is 0 Å². The van der Waals surface area contributed by atoms with Crippen LogP contribution in [0.2, 0.25) is 0 Å². The van der Waals surface area contributed by atoms with Crippen LogP contribution in [0.15, 0.2) is 72.7 Å². The van der Waals surface area contributed by atoms with Crippen LogP contribution >= 0.6 is 0 Å². The number of aromatic nitrogens is 2. The van der Waals surface area contributed by atoms with Gasteiger partial charge in [-0.25, -0.2) is 4.57 Å². The summed E-state index contributed by atoms with van der Waals surface area (Å²) in [5.74, 6) is 0.349. The van der Waals surface area contributed by atoms with Crippen LogP contribution in [-0.2, 0) is 6.54 Å². The molecule has 27 heavy (non-hydrogen) atoms. The lowest BCUT2D eigenvalue weighted by atomic mass is 10.00. The van der Waals surface area contributed by atoms with E-state index in [-0.39, 0.29) is 76.9 Å². The lowest BCUT2D eigenvalue weighted by Crippen LogP contribution is -2.29. The Morgan fingerprint density at radius 2 is 1.85 bits per heavy atom. The highest BCUT2D eigenvalue weighted by Gasteiger charge is 2.34. The van der Waals surface area contributed by atoms with Crippen molar-refractivity contribution in [3.63, 3.8) is 0 Å². The largest absolute Gasteiger partial charge is 0.295 e. The first kappa shape index (κ1) is 7.85. The fourth-order valence-corrected chi connectivity index (χ4v) is 3.54. The maximum Gasteiger partial charge on any atom is 0.295 e. The molecule has 0 amide bonds. The summed E-state index contributed by atoms with van der Waals surface area (Å²) in [6, 6.07) is 0.311. The Morgan fingerprint density at radius 1 is 0.963 bits per heavy atom. The summed E-state index contributed by atoms with van der Waals surface area (Å²) in [4.78, 5) is 0. The van der Waals surface area contributed by atoms with E-state index in [1.54, 1.807) is 17.7 Å². The lowest BCUT2D eigenvalue weighted by molar-refractivity contribution is -0.670. The monoisotopic (exact) mass is 363 g/mol. The van der Waals surface area contributed by atoms with Crippen LogP contribution in [0, 0.1) is 20.7 Å². The standard InChI is InChI=1S/C25H23N2/c1-17-11-13-21(14-12-17)27-23(24-18(2)7-6-8-19(24)3)16-26-15-20-9-4-5-10-22(20)25(26)27/h4-14,16H,15H2,1-3H3/q+1/i2D3,4D,5D,6D,7D,8D,9D,11D,12D,13D. The van der Waals surface area contributed by atoms with Gasteiger partial charge in [-0.1, -0.05) is 53.9 Å². The van der Waals surface area contributed by atoms with Gasteiger partial charge in [-0.2, -0.15) is 4.57 Å². The molecule has 0 saturated heterocycles. The van der Waals surface area contributed by atoms with Crippen LogP contribution in [-0.4, -0.2) is 4.57 Å². The van der Waals surface area contributed by atoms with Gasteiger partial charge >= 0.3 is 0 Å². The van der Waals surface area contributed by atoms with Crippen molar-refractivity contribution in [2.45, 2.75) is 27.2 Å². The van der Waals surface area contributed by atoms with Crippen molar-refractivity contribution in [3.8, 4) is 28.3 Å². The molecule has 5 rings (SSSR count). The predicted octanol–water partition coefficient (Wildman–Crippen LogP) is 5.39. The number of rotatable bonds is 2. The number of imidazole rings is 1. The van der Waals surface area contributed by atoms with Gasteiger partial charge in [0.05, 0.1) is 17.9 Å². The molecule has 0 fully saturated rings. The highest BCUT2D eigenvalue weighted by Crippen LogP contribution is 2.36. The van der Waals surface area contributed by atoms with E-state index in [0.717, 1.165) is 0 Å². The Balaban J connectivity index is 2.01. The van der Waals surface area contributed by atoms with E-state index in [2.05, 4.69) is 0 Å². The summed E-state index contributed by atoms with van der Waals surface area (Å²) in [5.41, 5.74) is 1.11. The van der Waals surface area contributed by atoms with Crippen LogP contribution in [0.3, 0.4) is 0 Å². The number of benzene rings is 3. The molecule has 2 heterocycles. The van der Waals surface area contributed by atoms with E-state index < -0.39 is 24.5 Å². The molecule has 2 heteroatoms. The van der Waals surface area contributed by atoms with E-state index in [4.69, 9.17) is 16.4 Å². The van der Waals surface area contributed by atoms with E-state index in [1.807, 2.05) is 0 Å². The number of hydrogen-bond donors (Lipinski definition) is 0.